The summed E-state index contributed by atoms with van der Waals surface area (Å²) < 4.78 is 0. The maximum atomic E-state index is 12.3. The minimum absolute atomic E-state index is 0.0729. The Morgan fingerprint density at radius 2 is 1.81 bits per heavy atom. The van der Waals surface area contributed by atoms with Crippen molar-refractivity contribution in [3.8, 4) is 0 Å². The van der Waals surface area contributed by atoms with Gasteiger partial charge in [0.05, 0.1) is 11.8 Å². The third-order valence-electron chi connectivity index (χ3n) is 4.47. The van der Waals surface area contributed by atoms with Crippen molar-refractivity contribution in [3.63, 3.8) is 0 Å². The van der Waals surface area contributed by atoms with Crippen molar-refractivity contribution in [3.05, 3.63) is 0 Å². The van der Waals surface area contributed by atoms with Crippen molar-refractivity contribution in [1.82, 2.24) is 10.2 Å². The summed E-state index contributed by atoms with van der Waals surface area (Å²) >= 11 is 0. The molecule has 7 heteroatoms. The molecule has 3 amide bonds. The maximum Gasteiger partial charge on any atom is 0.314 e. The van der Waals surface area contributed by atoms with Crippen LogP contribution >= 0.6 is 0 Å². The molecule has 0 aromatic heterocycles. The SMILES string of the molecule is NC(=O)N1CCCC(C(=O)NC2CCCC(C(=O)O)C2)C1. The lowest BCUT2D eigenvalue weighted by atomic mass is 9.85. The van der Waals surface area contributed by atoms with Crippen LogP contribution in [0.4, 0.5) is 4.79 Å². The summed E-state index contributed by atoms with van der Waals surface area (Å²) in [6.07, 6.45) is 4.32. The molecule has 0 aromatic rings. The number of carbonyl (C=O) groups excluding carboxylic acids is 2. The van der Waals surface area contributed by atoms with E-state index in [0.717, 1.165) is 25.7 Å². The van der Waals surface area contributed by atoms with E-state index in [2.05, 4.69) is 5.32 Å². The first-order valence-electron chi connectivity index (χ1n) is 7.55. The number of hydrogen-bond acceptors (Lipinski definition) is 3. The second-order valence-corrected chi connectivity index (χ2v) is 6.03. The van der Waals surface area contributed by atoms with Crippen LogP contribution in [0.1, 0.15) is 38.5 Å². The van der Waals surface area contributed by atoms with Crippen LogP contribution in [0.3, 0.4) is 0 Å². The Morgan fingerprint density at radius 1 is 1.10 bits per heavy atom. The van der Waals surface area contributed by atoms with Gasteiger partial charge in [-0.2, -0.15) is 0 Å². The van der Waals surface area contributed by atoms with Crippen LogP contribution in [0.15, 0.2) is 0 Å². The summed E-state index contributed by atoms with van der Waals surface area (Å²) in [4.78, 5) is 36.0. The lowest BCUT2D eigenvalue weighted by Crippen LogP contribution is -2.49. The molecule has 21 heavy (non-hydrogen) atoms. The van der Waals surface area contributed by atoms with E-state index in [9.17, 15) is 14.4 Å². The number of primary amides is 1. The zero-order valence-corrected chi connectivity index (χ0v) is 12.1. The Kier molecular flexibility index (Phi) is 5.03. The van der Waals surface area contributed by atoms with Crippen molar-refractivity contribution in [1.29, 1.82) is 0 Å². The number of amides is 3. The minimum Gasteiger partial charge on any atom is -0.481 e. The van der Waals surface area contributed by atoms with Crippen molar-refractivity contribution in [2.45, 2.75) is 44.6 Å². The van der Waals surface area contributed by atoms with Gasteiger partial charge in [-0.15, -0.1) is 0 Å². The van der Waals surface area contributed by atoms with Gasteiger partial charge in [-0.05, 0) is 32.1 Å². The van der Waals surface area contributed by atoms with E-state index < -0.39 is 12.0 Å². The molecular weight excluding hydrogens is 274 g/mol. The lowest BCUT2D eigenvalue weighted by Gasteiger charge is -2.33. The first-order valence-corrected chi connectivity index (χ1v) is 7.55. The zero-order chi connectivity index (χ0) is 15.4. The molecule has 0 bridgehead atoms. The van der Waals surface area contributed by atoms with Crippen molar-refractivity contribution < 1.29 is 19.5 Å². The third-order valence-corrected chi connectivity index (χ3v) is 4.47. The first kappa shape index (κ1) is 15.6. The standard InChI is InChI=1S/C14H23N3O4/c15-14(21)17-6-2-4-10(8-17)12(18)16-11-5-1-3-9(7-11)13(19)20/h9-11H,1-8H2,(H2,15,21)(H,16,18)(H,19,20). The van der Waals surface area contributed by atoms with Gasteiger partial charge in [0.1, 0.15) is 0 Å². The predicted molar refractivity (Wildman–Crippen MR) is 75.4 cm³/mol. The van der Waals surface area contributed by atoms with Crippen LogP contribution < -0.4 is 11.1 Å². The fourth-order valence-electron chi connectivity index (χ4n) is 3.26. The Labute approximate surface area is 123 Å². The topological polar surface area (TPSA) is 113 Å². The first-order chi connectivity index (χ1) is 9.97. The molecule has 1 aliphatic carbocycles. The highest BCUT2D eigenvalue weighted by molar-refractivity contribution is 5.81. The molecule has 1 saturated heterocycles. The molecule has 2 aliphatic rings. The van der Waals surface area contributed by atoms with Gasteiger partial charge in [-0.25, -0.2) is 4.79 Å². The average Bonchev–Trinajstić information content (AvgIpc) is 2.47. The van der Waals surface area contributed by atoms with Crippen LogP contribution in [0.2, 0.25) is 0 Å². The monoisotopic (exact) mass is 297 g/mol. The number of aliphatic carboxylic acids is 1. The average molecular weight is 297 g/mol. The van der Waals surface area contributed by atoms with Gasteiger partial charge >= 0.3 is 12.0 Å². The maximum absolute atomic E-state index is 12.3. The minimum atomic E-state index is -0.786. The number of nitrogens with zero attached hydrogens (tertiary/aromatic N) is 1. The smallest absolute Gasteiger partial charge is 0.314 e. The molecule has 2 rings (SSSR count). The number of hydrogen-bond donors (Lipinski definition) is 3. The molecule has 3 atom stereocenters. The molecule has 0 radical (unpaired) electrons. The zero-order valence-electron chi connectivity index (χ0n) is 12.1. The highest BCUT2D eigenvalue weighted by atomic mass is 16.4. The van der Waals surface area contributed by atoms with Crippen molar-refractivity contribution >= 4 is 17.9 Å². The molecule has 1 aliphatic heterocycles. The quantitative estimate of drug-likeness (QED) is 0.705. The summed E-state index contributed by atoms with van der Waals surface area (Å²) in [6, 6.07) is -0.563. The van der Waals surface area contributed by atoms with E-state index in [4.69, 9.17) is 10.8 Å². The van der Waals surface area contributed by atoms with Gasteiger partial charge in [-0.3, -0.25) is 9.59 Å². The van der Waals surface area contributed by atoms with E-state index in [1.807, 2.05) is 0 Å². The molecular formula is C14H23N3O4. The number of rotatable bonds is 3. The Hall–Kier alpha value is -1.79. The van der Waals surface area contributed by atoms with Crippen molar-refractivity contribution in [2.24, 2.45) is 17.6 Å². The van der Waals surface area contributed by atoms with Crippen LogP contribution in [0.25, 0.3) is 0 Å². The fraction of sp³-hybridized carbons (Fsp3) is 0.786. The summed E-state index contributed by atoms with van der Waals surface area (Å²) in [5.41, 5.74) is 5.26. The molecule has 1 heterocycles. The van der Waals surface area contributed by atoms with Gasteiger partial charge in [-0.1, -0.05) is 6.42 Å². The highest BCUT2D eigenvalue weighted by Gasteiger charge is 2.31. The number of carboxylic acids is 1. The van der Waals surface area contributed by atoms with E-state index in [1.54, 1.807) is 0 Å². The highest BCUT2D eigenvalue weighted by Crippen LogP contribution is 2.25. The van der Waals surface area contributed by atoms with Gasteiger partial charge in [0, 0.05) is 19.1 Å². The Bertz CT molecular complexity index is 426. The molecule has 0 aromatic carbocycles. The van der Waals surface area contributed by atoms with Crippen LogP contribution in [-0.4, -0.2) is 47.0 Å². The number of piperidine rings is 1. The summed E-state index contributed by atoms with van der Waals surface area (Å²) in [5, 5.41) is 12.0. The van der Waals surface area contributed by atoms with Crippen LogP contribution in [0, 0.1) is 11.8 Å². The number of nitrogens with two attached hydrogens (primary N) is 1. The van der Waals surface area contributed by atoms with Gasteiger partial charge in [0.15, 0.2) is 0 Å². The number of carboxylic acid groups (broad SMARTS) is 1. The van der Waals surface area contributed by atoms with E-state index in [1.165, 1.54) is 4.90 Å². The number of likely N-dealkylation sites (tertiary alicyclic amines) is 1. The number of carbonyl (C=O) groups is 3. The molecule has 118 valence electrons. The predicted octanol–water partition coefficient (Wildman–Crippen LogP) is 0.537. The lowest BCUT2D eigenvalue weighted by molar-refractivity contribution is -0.143. The van der Waals surface area contributed by atoms with E-state index in [-0.39, 0.29) is 23.8 Å². The summed E-state index contributed by atoms with van der Waals surface area (Å²) in [6.45, 7) is 0.958. The number of nitrogens with one attached hydrogen (secondary N) is 1. The fourth-order valence-corrected chi connectivity index (χ4v) is 3.26. The van der Waals surface area contributed by atoms with Crippen LogP contribution in [0.5, 0.6) is 0 Å². The number of urea groups is 1. The van der Waals surface area contributed by atoms with Crippen LogP contribution in [-0.2, 0) is 9.59 Å². The van der Waals surface area contributed by atoms with Gasteiger partial charge in [0.2, 0.25) is 5.91 Å². The normalized spacial score (nSPS) is 29.7. The van der Waals surface area contributed by atoms with Crippen molar-refractivity contribution in [2.75, 3.05) is 13.1 Å². The second kappa shape index (κ2) is 6.78. The Morgan fingerprint density at radius 3 is 2.48 bits per heavy atom. The van der Waals surface area contributed by atoms with E-state index >= 15 is 0 Å². The molecule has 1 saturated carbocycles. The Balaban J connectivity index is 1.86. The van der Waals surface area contributed by atoms with Gasteiger partial charge in [0.25, 0.3) is 0 Å². The summed E-state index contributed by atoms with van der Waals surface area (Å²) in [5.74, 6) is -1.47. The summed E-state index contributed by atoms with van der Waals surface area (Å²) in [7, 11) is 0. The molecule has 4 N–H and O–H groups in total. The largest absolute Gasteiger partial charge is 0.481 e. The molecule has 3 unspecified atom stereocenters. The van der Waals surface area contributed by atoms with Gasteiger partial charge < -0.3 is 21.1 Å². The second-order valence-electron chi connectivity index (χ2n) is 6.03. The third kappa shape index (κ3) is 4.09. The molecule has 0 spiro atoms. The molecule has 2 fully saturated rings. The molecule has 7 nitrogen and oxygen atoms in total. The van der Waals surface area contributed by atoms with E-state index in [0.29, 0.717) is 25.9 Å².